The van der Waals surface area contributed by atoms with E-state index < -0.39 is 0 Å². The van der Waals surface area contributed by atoms with Gasteiger partial charge >= 0.3 is 0 Å². The van der Waals surface area contributed by atoms with E-state index in [1.807, 2.05) is 24.3 Å². The average Bonchev–Trinajstić information content (AvgIpc) is 2.48. The molecule has 6 nitrogen and oxygen atoms in total. The van der Waals surface area contributed by atoms with Gasteiger partial charge in [-0.3, -0.25) is 5.21 Å². The molecule has 0 atom stereocenters. The predicted octanol–water partition coefficient (Wildman–Crippen LogP) is 2.27. The maximum absolute atomic E-state index is 8.41. The van der Waals surface area contributed by atoms with Crippen molar-refractivity contribution in [2.75, 3.05) is 6.61 Å². The molecule has 0 radical (unpaired) electrons. The van der Waals surface area contributed by atoms with Gasteiger partial charge in [-0.25, -0.2) is 5.48 Å². The van der Waals surface area contributed by atoms with Crippen LogP contribution in [0.25, 0.3) is 0 Å². The van der Waals surface area contributed by atoms with Crippen molar-refractivity contribution in [2.24, 2.45) is 15.9 Å². The van der Waals surface area contributed by atoms with Crippen molar-refractivity contribution in [1.29, 1.82) is 0 Å². The predicted molar refractivity (Wildman–Crippen MR) is 80.2 cm³/mol. The fourth-order valence-electron chi connectivity index (χ4n) is 1.55. The topological polar surface area (TPSA) is 92.2 Å². The molecular weight excluding hydrogens is 256 g/mol. The molecule has 0 saturated heterocycles. The van der Waals surface area contributed by atoms with Gasteiger partial charge in [0.15, 0.2) is 0 Å². The lowest BCUT2D eigenvalue weighted by Gasteiger charge is -2.05. The van der Waals surface area contributed by atoms with Crippen molar-refractivity contribution in [3.63, 3.8) is 0 Å². The second-order valence-corrected chi connectivity index (χ2v) is 4.32. The summed E-state index contributed by atoms with van der Waals surface area (Å²) >= 11 is 0. The van der Waals surface area contributed by atoms with Crippen LogP contribution in [0.1, 0.15) is 38.2 Å². The van der Waals surface area contributed by atoms with Crippen LogP contribution in [0.4, 0.5) is 0 Å². The van der Waals surface area contributed by atoms with Crippen molar-refractivity contribution in [1.82, 2.24) is 5.48 Å². The van der Waals surface area contributed by atoms with Gasteiger partial charge in [-0.2, -0.15) is 5.10 Å². The smallest absolute Gasteiger partial charge is 0.237 e. The highest BCUT2D eigenvalue weighted by molar-refractivity contribution is 5.81. The number of hydrogen-bond donors (Lipinski definition) is 3. The summed E-state index contributed by atoms with van der Waals surface area (Å²) < 4.78 is 5.63. The first-order valence-electron chi connectivity index (χ1n) is 6.75. The molecule has 1 aromatic rings. The van der Waals surface area contributed by atoms with Gasteiger partial charge in [-0.05, 0) is 36.2 Å². The Morgan fingerprint density at radius 1 is 1.30 bits per heavy atom. The molecule has 1 aromatic carbocycles. The molecule has 0 heterocycles. The van der Waals surface area contributed by atoms with Crippen LogP contribution in [0.5, 0.6) is 5.75 Å². The molecule has 4 N–H and O–H groups in total. The summed E-state index contributed by atoms with van der Waals surface area (Å²) in [4.78, 5) is 0. The summed E-state index contributed by atoms with van der Waals surface area (Å²) in [5.41, 5.74) is 7.77. The highest BCUT2D eigenvalue weighted by atomic mass is 16.5. The highest BCUT2D eigenvalue weighted by Gasteiger charge is 1.94. The van der Waals surface area contributed by atoms with Crippen molar-refractivity contribution in [2.45, 2.75) is 32.6 Å². The molecule has 20 heavy (non-hydrogen) atoms. The van der Waals surface area contributed by atoms with E-state index in [0.717, 1.165) is 24.3 Å². The summed E-state index contributed by atoms with van der Waals surface area (Å²) in [5, 5.41) is 15.6. The molecule has 110 valence electrons. The maximum atomic E-state index is 8.41. The maximum Gasteiger partial charge on any atom is 0.237 e. The van der Waals surface area contributed by atoms with Crippen molar-refractivity contribution < 1.29 is 9.94 Å². The molecule has 0 saturated carbocycles. The van der Waals surface area contributed by atoms with Crippen LogP contribution in [-0.4, -0.2) is 24.0 Å². The van der Waals surface area contributed by atoms with E-state index >= 15 is 0 Å². The average molecular weight is 278 g/mol. The quantitative estimate of drug-likeness (QED) is 0.294. The van der Waals surface area contributed by atoms with Gasteiger partial charge in [0.1, 0.15) is 5.75 Å². The van der Waals surface area contributed by atoms with Gasteiger partial charge in [0.2, 0.25) is 5.96 Å². The molecule has 6 heteroatoms. The highest BCUT2D eigenvalue weighted by Crippen LogP contribution is 2.12. The summed E-state index contributed by atoms with van der Waals surface area (Å²) in [5.74, 6) is 0.687. The number of hydrogen-bond acceptors (Lipinski definition) is 4. The number of rotatable bonds is 8. The number of unbranched alkanes of at least 4 members (excludes halogenated alkanes) is 3. The molecule has 0 amide bonds. The number of guanidine groups is 1. The first kappa shape index (κ1) is 16.0. The molecule has 0 fully saturated rings. The molecule has 0 aliphatic heterocycles. The van der Waals surface area contributed by atoms with E-state index in [2.05, 4.69) is 17.1 Å². The van der Waals surface area contributed by atoms with Crippen LogP contribution in [0.3, 0.4) is 0 Å². The standard InChI is InChI=1S/C14H22N4O2/c1-2-3-4-5-10-20-13-8-6-12(7-9-13)11-16-17-14(15)18-19/h6-9,11,19H,2-5,10H2,1H3,(H3,15,17,18)/b16-11+. The van der Waals surface area contributed by atoms with E-state index in [4.69, 9.17) is 15.7 Å². The monoisotopic (exact) mass is 278 g/mol. The third kappa shape index (κ3) is 6.75. The van der Waals surface area contributed by atoms with Crippen LogP contribution in [-0.2, 0) is 0 Å². The zero-order chi connectivity index (χ0) is 14.6. The van der Waals surface area contributed by atoms with Crippen LogP contribution < -0.4 is 16.0 Å². The van der Waals surface area contributed by atoms with Gasteiger partial charge in [-0.15, -0.1) is 5.10 Å². The number of ether oxygens (including phenoxy) is 1. The lowest BCUT2D eigenvalue weighted by atomic mass is 10.2. The minimum absolute atomic E-state index is 0.159. The van der Waals surface area contributed by atoms with Crippen LogP contribution >= 0.6 is 0 Å². The number of benzene rings is 1. The number of nitrogens with one attached hydrogen (secondary N) is 1. The Morgan fingerprint density at radius 3 is 2.70 bits per heavy atom. The van der Waals surface area contributed by atoms with E-state index in [-0.39, 0.29) is 5.96 Å². The number of hydroxylamine groups is 1. The minimum Gasteiger partial charge on any atom is -0.494 e. The van der Waals surface area contributed by atoms with Crippen molar-refractivity contribution in [3.8, 4) is 5.75 Å². The fourth-order valence-corrected chi connectivity index (χ4v) is 1.55. The SMILES string of the molecule is CCCCCCOc1ccc(/C=N/N=C(N)NO)cc1. The second kappa shape index (κ2) is 9.80. The zero-order valence-corrected chi connectivity index (χ0v) is 11.7. The van der Waals surface area contributed by atoms with Crippen molar-refractivity contribution in [3.05, 3.63) is 29.8 Å². The minimum atomic E-state index is -0.159. The van der Waals surface area contributed by atoms with Gasteiger partial charge in [-0.1, -0.05) is 26.2 Å². The Hall–Kier alpha value is -2.08. The van der Waals surface area contributed by atoms with Crippen LogP contribution in [0.15, 0.2) is 34.5 Å². The lowest BCUT2D eigenvalue weighted by molar-refractivity contribution is 0.232. The molecule has 0 aliphatic carbocycles. The summed E-state index contributed by atoms with van der Waals surface area (Å²) in [6, 6.07) is 7.53. The molecule has 0 aliphatic rings. The second-order valence-electron chi connectivity index (χ2n) is 4.32. The fraction of sp³-hybridized carbons (Fsp3) is 0.429. The largest absolute Gasteiger partial charge is 0.494 e. The summed E-state index contributed by atoms with van der Waals surface area (Å²) in [6.45, 7) is 2.94. The van der Waals surface area contributed by atoms with Crippen molar-refractivity contribution >= 4 is 12.2 Å². The summed E-state index contributed by atoms with van der Waals surface area (Å²) in [7, 11) is 0. The lowest BCUT2D eigenvalue weighted by Crippen LogP contribution is -2.27. The van der Waals surface area contributed by atoms with E-state index in [1.165, 1.54) is 25.5 Å². The first-order chi connectivity index (χ1) is 9.76. The Balaban J connectivity index is 2.36. The van der Waals surface area contributed by atoms with Gasteiger partial charge in [0, 0.05) is 0 Å². The van der Waals surface area contributed by atoms with E-state index in [9.17, 15) is 0 Å². The Labute approximate surface area is 119 Å². The van der Waals surface area contributed by atoms with Crippen LogP contribution in [0, 0.1) is 0 Å². The Morgan fingerprint density at radius 2 is 2.05 bits per heavy atom. The van der Waals surface area contributed by atoms with Gasteiger partial charge in [0.25, 0.3) is 0 Å². The molecule has 0 bridgehead atoms. The zero-order valence-electron chi connectivity index (χ0n) is 11.7. The first-order valence-corrected chi connectivity index (χ1v) is 6.75. The third-order valence-electron chi connectivity index (χ3n) is 2.63. The van der Waals surface area contributed by atoms with Crippen LogP contribution in [0.2, 0.25) is 0 Å². The molecular formula is C14H22N4O2. The van der Waals surface area contributed by atoms with Gasteiger partial charge < -0.3 is 10.5 Å². The van der Waals surface area contributed by atoms with E-state index in [0.29, 0.717) is 0 Å². The molecule has 1 rings (SSSR count). The van der Waals surface area contributed by atoms with Gasteiger partial charge in [0.05, 0.1) is 12.8 Å². The number of nitrogens with two attached hydrogens (primary N) is 1. The Bertz CT molecular complexity index is 429. The molecule has 0 unspecified atom stereocenters. The number of nitrogens with zero attached hydrogens (tertiary/aromatic N) is 2. The van der Waals surface area contributed by atoms with E-state index in [1.54, 1.807) is 5.48 Å². The Kier molecular flexibility index (Phi) is 7.83. The molecule has 0 spiro atoms. The summed E-state index contributed by atoms with van der Waals surface area (Å²) in [6.07, 6.45) is 6.31. The normalized spacial score (nSPS) is 11.8. The third-order valence-corrected chi connectivity index (χ3v) is 2.63. The molecule has 0 aromatic heterocycles.